The van der Waals surface area contributed by atoms with Crippen LogP contribution in [0.15, 0.2) is 0 Å². The van der Waals surface area contributed by atoms with Crippen molar-refractivity contribution in [2.24, 2.45) is 17.3 Å². The molecule has 2 atom stereocenters. The number of carbonyl (C=O) groups is 2. The summed E-state index contributed by atoms with van der Waals surface area (Å²) in [7, 11) is 0. The van der Waals surface area contributed by atoms with Crippen molar-refractivity contribution in [1.82, 2.24) is 0 Å². The summed E-state index contributed by atoms with van der Waals surface area (Å²) in [5.74, 6) is -1.58. The van der Waals surface area contributed by atoms with Crippen molar-refractivity contribution < 1.29 is 14.7 Å². The number of aliphatic carboxylic acids is 1. The van der Waals surface area contributed by atoms with E-state index >= 15 is 0 Å². The minimum absolute atomic E-state index is 0.106. The molecular formula is C8H12O3. The number of carboxylic acids is 1. The van der Waals surface area contributed by atoms with Gasteiger partial charge in [-0.25, -0.2) is 0 Å². The molecule has 0 aromatic heterocycles. The maximum absolute atomic E-state index is 10.5. The van der Waals surface area contributed by atoms with Crippen molar-refractivity contribution in [2.75, 3.05) is 0 Å². The minimum Gasteiger partial charge on any atom is -0.481 e. The quantitative estimate of drug-likeness (QED) is 0.605. The third-order valence-corrected chi connectivity index (χ3v) is 2.55. The van der Waals surface area contributed by atoms with Crippen LogP contribution in [0.2, 0.25) is 0 Å². The fourth-order valence-corrected chi connectivity index (χ4v) is 1.73. The molecule has 3 heteroatoms. The number of rotatable bonds is 2. The second-order valence-electron chi connectivity index (χ2n) is 3.80. The van der Waals surface area contributed by atoms with Gasteiger partial charge in [-0.2, -0.15) is 0 Å². The van der Waals surface area contributed by atoms with Crippen LogP contribution in [0.4, 0.5) is 0 Å². The Kier molecular flexibility index (Phi) is 1.74. The highest BCUT2D eigenvalue weighted by atomic mass is 16.4. The van der Waals surface area contributed by atoms with Crippen molar-refractivity contribution in [3.8, 4) is 0 Å². The zero-order chi connectivity index (χ0) is 8.65. The zero-order valence-corrected chi connectivity index (χ0v) is 6.70. The van der Waals surface area contributed by atoms with Crippen LogP contribution >= 0.6 is 0 Å². The first-order valence-electron chi connectivity index (χ1n) is 3.67. The first-order chi connectivity index (χ1) is 4.99. The average Bonchev–Trinajstić information content (AvgIpc) is 1.84. The zero-order valence-electron chi connectivity index (χ0n) is 6.70. The molecule has 1 rings (SSSR count). The summed E-state index contributed by atoms with van der Waals surface area (Å²) in [6.07, 6.45) is 1.38. The maximum atomic E-state index is 10.5. The lowest BCUT2D eigenvalue weighted by Crippen LogP contribution is -2.48. The van der Waals surface area contributed by atoms with Gasteiger partial charge >= 0.3 is 5.97 Å². The van der Waals surface area contributed by atoms with E-state index in [1.54, 1.807) is 0 Å². The molecule has 1 fully saturated rings. The summed E-state index contributed by atoms with van der Waals surface area (Å²) in [6.45, 7) is 3.84. The highest BCUT2D eigenvalue weighted by molar-refractivity contribution is 5.77. The fourth-order valence-electron chi connectivity index (χ4n) is 1.73. The molecule has 3 nitrogen and oxygen atoms in total. The summed E-state index contributed by atoms with van der Waals surface area (Å²) >= 11 is 0. The summed E-state index contributed by atoms with van der Waals surface area (Å²) in [5, 5.41) is 8.61. The third-order valence-electron chi connectivity index (χ3n) is 2.55. The van der Waals surface area contributed by atoms with Crippen molar-refractivity contribution in [3.63, 3.8) is 0 Å². The van der Waals surface area contributed by atoms with Gasteiger partial charge in [0.1, 0.15) is 6.29 Å². The third kappa shape index (κ3) is 1.15. The van der Waals surface area contributed by atoms with Gasteiger partial charge in [0, 0.05) is 5.92 Å². The van der Waals surface area contributed by atoms with Gasteiger partial charge < -0.3 is 9.90 Å². The monoisotopic (exact) mass is 156 g/mol. The first kappa shape index (κ1) is 8.24. The lowest BCUT2D eigenvalue weighted by atomic mass is 9.56. The van der Waals surface area contributed by atoms with E-state index in [0.717, 1.165) is 6.29 Å². The van der Waals surface area contributed by atoms with Crippen molar-refractivity contribution in [2.45, 2.75) is 20.3 Å². The summed E-state index contributed by atoms with van der Waals surface area (Å²) in [4.78, 5) is 20.9. The Balaban J connectivity index is 2.67. The largest absolute Gasteiger partial charge is 0.481 e. The van der Waals surface area contributed by atoms with E-state index in [0.29, 0.717) is 6.42 Å². The van der Waals surface area contributed by atoms with Crippen LogP contribution in [-0.2, 0) is 9.59 Å². The average molecular weight is 156 g/mol. The second-order valence-corrected chi connectivity index (χ2v) is 3.80. The molecule has 0 saturated heterocycles. The standard InChI is InChI=1S/C8H12O3/c1-8(2)3-5(7(10)11)6(8)4-9/h4-6H,3H2,1-2H3,(H,10,11)/t5-,6-/m0/s1. The van der Waals surface area contributed by atoms with E-state index in [9.17, 15) is 9.59 Å². The van der Waals surface area contributed by atoms with Crippen LogP contribution in [0, 0.1) is 17.3 Å². The summed E-state index contributed by atoms with van der Waals surface area (Å²) in [5.41, 5.74) is -0.106. The Morgan fingerprint density at radius 1 is 1.64 bits per heavy atom. The molecular weight excluding hydrogens is 144 g/mol. The molecule has 0 spiro atoms. The van der Waals surface area contributed by atoms with Crippen molar-refractivity contribution in [3.05, 3.63) is 0 Å². The SMILES string of the molecule is CC1(C)C[C@H](C(=O)O)[C@@H]1C=O. The molecule has 0 aliphatic heterocycles. The highest BCUT2D eigenvalue weighted by Crippen LogP contribution is 2.49. The van der Waals surface area contributed by atoms with Gasteiger partial charge in [-0.3, -0.25) is 4.79 Å². The van der Waals surface area contributed by atoms with Crippen LogP contribution in [0.1, 0.15) is 20.3 Å². The maximum Gasteiger partial charge on any atom is 0.307 e. The van der Waals surface area contributed by atoms with Gasteiger partial charge in [-0.1, -0.05) is 13.8 Å². The van der Waals surface area contributed by atoms with E-state index in [1.165, 1.54) is 0 Å². The normalized spacial score (nSPS) is 34.0. The van der Waals surface area contributed by atoms with Gasteiger partial charge in [0.25, 0.3) is 0 Å². The van der Waals surface area contributed by atoms with Crippen LogP contribution in [0.25, 0.3) is 0 Å². The molecule has 0 aromatic carbocycles. The van der Waals surface area contributed by atoms with Crippen molar-refractivity contribution in [1.29, 1.82) is 0 Å². The Morgan fingerprint density at radius 3 is 2.36 bits per heavy atom. The molecule has 62 valence electrons. The summed E-state index contributed by atoms with van der Waals surface area (Å²) < 4.78 is 0. The van der Waals surface area contributed by atoms with Crippen LogP contribution < -0.4 is 0 Å². The molecule has 1 aliphatic carbocycles. The molecule has 0 amide bonds. The van der Waals surface area contributed by atoms with Gasteiger partial charge in [0.15, 0.2) is 0 Å². The number of carbonyl (C=O) groups excluding carboxylic acids is 1. The number of hydrogen-bond acceptors (Lipinski definition) is 2. The Labute approximate surface area is 65.4 Å². The molecule has 0 unspecified atom stereocenters. The van der Waals surface area contributed by atoms with E-state index in [4.69, 9.17) is 5.11 Å². The Bertz CT molecular complexity index is 196. The predicted molar refractivity (Wildman–Crippen MR) is 39.1 cm³/mol. The molecule has 0 radical (unpaired) electrons. The van der Waals surface area contributed by atoms with E-state index in [2.05, 4.69) is 0 Å². The van der Waals surface area contributed by atoms with E-state index in [1.807, 2.05) is 13.8 Å². The molecule has 0 aromatic rings. The van der Waals surface area contributed by atoms with Crippen LogP contribution in [-0.4, -0.2) is 17.4 Å². The first-order valence-corrected chi connectivity index (χ1v) is 3.67. The Morgan fingerprint density at radius 2 is 2.18 bits per heavy atom. The number of aldehydes is 1. The lowest BCUT2D eigenvalue weighted by Gasteiger charge is -2.46. The second kappa shape index (κ2) is 2.32. The van der Waals surface area contributed by atoms with Gasteiger partial charge in [0.05, 0.1) is 5.92 Å². The molecule has 1 saturated carbocycles. The van der Waals surface area contributed by atoms with Crippen molar-refractivity contribution >= 4 is 12.3 Å². The van der Waals surface area contributed by atoms with Gasteiger partial charge in [-0.15, -0.1) is 0 Å². The Hall–Kier alpha value is -0.860. The van der Waals surface area contributed by atoms with Crippen LogP contribution in [0.3, 0.4) is 0 Å². The lowest BCUT2D eigenvalue weighted by molar-refractivity contribution is -0.159. The van der Waals surface area contributed by atoms with E-state index in [-0.39, 0.29) is 11.3 Å². The number of carboxylic acid groups (broad SMARTS) is 1. The van der Waals surface area contributed by atoms with Crippen LogP contribution in [0.5, 0.6) is 0 Å². The molecule has 0 bridgehead atoms. The smallest absolute Gasteiger partial charge is 0.307 e. The molecule has 1 N–H and O–H groups in total. The minimum atomic E-state index is -0.846. The highest BCUT2D eigenvalue weighted by Gasteiger charge is 2.50. The van der Waals surface area contributed by atoms with Gasteiger partial charge in [0.2, 0.25) is 0 Å². The van der Waals surface area contributed by atoms with E-state index < -0.39 is 11.9 Å². The molecule has 0 heterocycles. The topological polar surface area (TPSA) is 54.4 Å². The predicted octanol–water partition coefficient (Wildman–Crippen LogP) is 0.932. The molecule has 11 heavy (non-hydrogen) atoms. The summed E-state index contributed by atoms with van der Waals surface area (Å²) in [6, 6.07) is 0. The molecule has 1 aliphatic rings. The van der Waals surface area contributed by atoms with Gasteiger partial charge in [-0.05, 0) is 11.8 Å². The number of hydrogen-bond donors (Lipinski definition) is 1. The fraction of sp³-hybridized carbons (Fsp3) is 0.750.